The van der Waals surface area contributed by atoms with Crippen LogP contribution in [0.3, 0.4) is 0 Å². The summed E-state index contributed by atoms with van der Waals surface area (Å²) in [6.45, 7) is 2.88. The van der Waals surface area contributed by atoms with Gasteiger partial charge in [0.05, 0.1) is 10.1 Å². The standard InChI is InChI=1S/C11H12ClFO3S/c1-7-5-9(3-4-10(7)13)17(15,16)8(2)6-11(12)14/h3-5,8H,6H2,1-2H3. The van der Waals surface area contributed by atoms with Crippen LogP contribution in [0.2, 0.25) is 0 Å². The fourth-order valence-electron chi connectivity index (χ4n) is 1.36. The maximum Gasteiger partial charge on any atom is 0.222 e. The van der Waals surface area contributed by atoms with Crippen LogP contribution in [0.5, 0.6) is 0 Å². The molecule has 0 N–H and O–H groups in total. The molecule has 1 aromatic carbocycles. The minimum absolute atomic E-state index is 0.00168. The average Bonchev–Trinajstić information content (AvgIpc) is 2.20. The van der Waals surface area contributed by atoms with Gasteiger partial charge in [0, 0.05) is 6.42 Å². The van der Waals surface area contributed by atoms with Gasteiger partial charge in [0.25, 0.3) is 0 Å². The van der Waals surface area contributed by atoms with Crippen LogP contribution >= 0.6 is 11.6 Å². The molecule has 3 nitrogen and oxygen atoms in total. The van der Waals surface area contributed by atoms with E-state index in [2.05, 4.69) is 0 Å². The molecule has 0 aliphatic rings. The molecule has 17 heavy (non-hydrogen) atoms. The summed E-state index contributed by atoms with van der Waals surface area (Å²) in [5.41, 5.74) is 0.246. The summed E-state index contributed by atoms with van der Waals surface area (Å²) < 4.78 is 37.0. The summed E-state index contributed by atoms with van der Waals surface area (Å²) in [4.78, 5) is 10.7. The predicted molar refractivity (Wildman–Crippen MR) is 63.3 cm³/mol. The van der Waals surface area contributed by atoms with Crippen LogP contribution in [0.4, 0.5) is 4.39 Å². The fourth-order valence-corrected chi connectivity index (χ4v) is 3.12. The van der Waals surface area contributed by atoms with Crippen LogP contribution in [0.25, 0.3) is 0 Å². The highest BCUT2D eigenvalue weighted by atomic mass is 35.5. The van der Waals surface area contributed by atoms with Crippen LogP contribution < -0.4 is 0 Å². The molecule has 0 radical (unpaired) electrons. The molecule has 0 aliphatic carbocycles. The molecule has 1 aromatic rings. The van der Waals surface area contributed by atoms with Crippen molar-refractivity contribution >= 4 is 26.7 Å². The van der Waals surface area contributed by atoms with Gasteiger partial charge < -0.3 is 0 Å². The number of carbonyl (C=O) groups is 1. The minimum Gasteiger partial charge on any atom is -0.281 e. The van der Waals surface area contributed by atoms with Gasteiger partial charge in [0.15, 0.2) is 9.84 Å². The molecule has 0 heterocycles. The van der Waals surface area contributed by atoms with Gasteiger partial charge in [-0.15, -0.1) is 0 Å². The number of hydrogen-bond acceptors (Lipinski definition) is 3. The number of sulfone groups is 1. The molecule has 0 spiro atoms. The van der Waals surface area contributed by atoms with E-state index >= 15 is 0 Å². The quantitative estimate of drug-likeness (QED) is 0.628. The summed E-state index contributed by atoms with van der Waals surface area (Å²) in [5, 5.41) is -1.63. The molecule has 0 fully saturated rings. The van der Waals surface area contributed by atoms with E-state index in [1.54, 1.807) is 0 Å². The van der Waals surface area contributed by atoms with Crippen molar-refractivity contribution in [2.45, 2.75) is 30.4 Å². The lowest BCUT2D eigenvalue weighted by Gasteiger charge is -2.11. The van der Waals surface area contributed by atoms with Gasteiger partial charge in [0.1, 0.15) is 5.82 Å². The van der Waals surface area contributed by atoms with Gasteiger partial charge >= 0.3 is 0 Å². The number of carbonyl (C=O) groups excluding carboxylic acids is 1. The maximum atomic E-state index is 13.0. The first-order valence-electron chi connectivity index (χ1n) is 4.93. The number of hydrogen-bond donors (Lipinski definition) is 0. The summed E-state index contributed by atoms with van der Waals surface area (Å²) in [7, 11) is -3.65. The van der Waals surface area contributed by atoms with Crippen molar-refractivity contribution in [3.05, 3.63) is 29.6 Å². The predicted octanol–water partition coefficient (Wildman–Crippen LogP) is 2.45. The Hall–Kier alpha value is -0.940. The Balaban J connectivity index is 3.13. The molecule has 0 amide bonds. The monoisotopic (exact) mass is 278 g/mol. The molecular weight excluding hydrogens is 267 g/mol. The van der Waals surface area contributed by atoms with Crippen molar-refractivity contribution < 1.29 is 17.6 Å². The maximum absolute atomic E-state index is 13.0. The molecule has 0 saturated carbocycles. The van der Waals surface area contributed by atoms with Crippen LogP contribution in [0, 0.1) is 12.7 Å². The Morgan fingerprint density at radius 3 is 2.53 bits per heavy atom. The molecule has 0 saturated heterocycles. The van der Waals surface area contributed by atoms with Crippen molar-refractivity contribution in [2.24, 2.45) is 0 Å². The summed E-state index contributed by atoms with van der Waals surface area (Å²) in [6.07, 6.45) is -0.264. The Kier molecular flexibility index (Phi) is 4.27. The first-order chi connectivity index (χ1) is 7.75. The highest BCUT2D eigenvalue weighted by Crippen LogP contribution is 2.21. The molecule has 94 valence electrons. The molecule has 1 unspecified atom stereocenters. The van der Waals surface area contributed by atoms with Gasteiger partial charge in [-0.1, -0.05) is 0 Å². The highest BCUT2D eigenvalue weighted by molar-refractivity contribution is 7.92. The van der Waals surface area contributed by atoms with Crippen molar-refractivity contribution in [3.63, 3.8) is 0 Å². The van der Waals surface area contributed by atoms with Crippen LogP contribution in [-0.2, 0) is 14.6 Å². The Morgan fingerprint density at radius 2 is 2.06 bits per heavy atom. The minimum atomic E-state index is -3.65. The molecule has 0 aliphatic heterocycles. The van der Waals surface area contributed by atoms with Crippen molar-refractivity contribution in [1.29, 1.82) is 0 Å². The van der Waals surface area contributed by atoms with Crippen LogP contribution in [-0.4, -0.2) is 18.9 Å². The van der Waals surface area contributed by atoms with Gasteiger partial charge in [-0.3, -0.25) is 4.79 Å². The van der Waals surface area contributed by atoms with Crippen molar-refractivity contribution in [2.75, 3.05) is 0 Å². The van der Waals surface area contributed by atoms with E-state index in [4.69, 9.17) is 11.6 Å². The topological polar surface area (TPSA) is 51.2 Å². The largest absolute Gasteiger partial charge is 0.281 e. The lowest BCUT2D eigenvalue weighted by molar-refractivity contribution is -0.111. The lowest BCUT2D eigenvalue weighted by atomic mass is 10.2. The summed E-state index contributed by atoms with van der Waals surface area (Å²) >= 11 is 5.16. The van der Waals surface area contributed by atoms with E-state index in [-0.39, 0.29) is 16.9 Å². The third kappa shape index (κ3) is 3.26. The molecule has 6 heteroatoms. The average molecular weight is 279 g/mol. The zero-order valence-electron chi connectivity index (χ0n) is 9.41. The second kappa shape index (κ2) is 5.14. The summed E-state index contributed by atoms with van der Waals surface area (Å²) in [5.74, 6) is -0.468. The second-order valence-corrected chi connectivity index (χ2v) is 6.61. The van der Waals surface area contributed by atoms with Crippen LogP contribution in [0.15, 0.2) is 23.1 Å². The lowest BCUT2D eigenvalue weighted by Crippen LogP contribution is -2.20. The smallest absolute Gasteiger partial charge is 0.222 e. The molecule has 1 rings (SSSR count). The van der Waals surface area contributed by atoms with E-state index in [9.17, 15) is 17.6 Å². The van der Waals surface area contributed by atoms with Gasteiger partial charge in [-0.2, -0.15) is 0 Å². The normalized spacial score (nSPS) is 13.4. The van der Waals surface area contributed by atoms with E-state index in [0.717, 1.165) is 6.07 Å². The second-order valence-electron chi connectivity index (χ2n) is 3.83. The van der Waals surface area contributed by atoms with Crippen molar-refractivity contribution in [3.8, 4) is 0 Å². The number of benzene rings is 1. The first kappa shape index (κ1) is 14.1. The number of aryl methyl sites for hydroxylation is 1. The third-order valence-electron chi connectivity index (χ3n) is 2.44. The van der Waals surface area contributed by atoms with Gasteiger partial charge in [0.2, 0.25) is 5.24 Å². The highest BCUT2D eigenvalue weighted by Gasteiger charge is 2.25. The van der Waals surface area contributed by atoms with E-state index in [0.29, 0.717) is 0 Å². The Bertz CT molecular complexity index is 540. The Labute approximate surface area is 105 Å². The summed E-state index contributed by atoms with van der Waals surface area (Å²) in [6, 6.07) is 3.53. The van der Waals surface area contributed by atoms with Gasteiger partial charge in [-0.25, -0.2) is 12.8 Å². The Morgan fingerprint density at radius 1 is 1.47 bits per heavy atom. The number of rotatable bonds is 4. The van der Waals surface area contributed by atoms with Gasteiger partial charge in [-0.05, 0) is 49.2 Å². The molecule has 0 bridgehead atoms. The SMILES string of the molecule is Cc1cc(S(=O)(=O)C(C)CC(=O)Cl)ccc1F. The molecule has 1 atom stereocenters. The molecular formula is C11H12ClFO3S. The van der Waals surface area contributed by atoms with E-state index in [1.165, 1.54) is 26.0 Å². The van der Waals surface area contributed by atoms with E-state index in [1.807, 2.05) is 0 Å². The zero-order valence-corrected chi connectivity index (χ0v) is 11.0. The van der Waals surface area contributed by atoms with E-state index < -0.39 is 26.1 Å². The first-order valence-corrected chi connectivity index (χ1v) is 6.86. The van der Waals surface area contributed by atoms with Crippen LogP contribution in [0.1, 0.15) is 18.9 Å². The third-order valence-corrected chi connectivity index (χ3v) is 4.73. The molecule has 0 aromatic heterocycles. The zero-order chi connectivity index (χ0) is 13.2. The fraction of sp³-hybridized carbons (Fsp3) is 0.364. The van der Waals surface area contributed by atoms with Crippen molar-refractivity contribution in [1.82, 2.24) is 0 Å². The number of halogens is 2.